The Bertz CT molecular complexity index is 3140. The summed E-state index contributed by atoms with van der Waals surface area (Å²) in [5.74, 6) is 0. The van der Waals surface area contributed by atoms with Gasteiger partial charge in [-0.15, -0.1) is 0 Å². The van der Waals surface area contributed by atoms with E-state index < -0.39 is 0 Å². The largest absolute Gasteiger partial charge is 0.0616 e. The zero-order valence-corrected chi connectivity index (χ0v) is 29.8. The van der Waals surface area contributed by atoms with Crippen molar-refractivity contribution >= 4 is 53.9 Å². The second-order valence-corrected chi connectivity index (χ2v) is 15.3. The molecule has 0 amide bonds. The Morgan fingerprint density at radius 1 is 0.302 bits per heavy atom. The van der Waals surface area contributed by atoms with Gasteiger partial charge in [0, 0.05) is 5.41 Å². The number of fused-ring (bicyclic) bond motifs is 10. The molecule has 0 heterocycles. The third-order valence-electron chi connectivity index (χ3n) is 11.9. The first-order valence-corrected chi connectivity index (χ1v) is 18.7. The molecule has 0 saturated carbocycles. The van der Waals surface area contributed by atoms with Crippen LogP contribution in [0.15, 0.2) is 182 Å². The summed E-state index contributed by atoms with van der Waals surface area (Å²) in [6, 6.07) is 68.0. The zero-order chi connectivity index (χ0) is 35.3. The molecule has 0 radical (unpaired) electrons. The van der Waals surface area contributed by atoms with Gasteiger partial charge < -0.3 is 0 Å². The molecule has 0 N–H and O–H groups in total. The van der Waals surface area contributed by atoms with E-state index in [4.69, 9.17) is 0 Å². The summed E-state index contributed by atoms with van der Waals surface area (Å²) in [7, 11) is 0. The van der Waals surface area contributed by atoms with Crippen LogP contribution in [0.1, 0.15) is 25.0 Å². The molecule has 1 aliphatic rings. The van der Waals surface area contributed by atoms with Gasteiger partial charge in [0.15, 0.2) is 0 Å². The molecule has 0 saturated heterocycles. The normalized spacial score (nSPS) is 13.2. The van der Waals surface area contributed by atoms with Crippen molar-refractivity contribution in [1.29, 1.82) is 0 Å². The Morgan fingerprint density at radius 2 is 0.792 bits per heavy atom. The summed E-state index contributed by atoms with van der Waals surface area (Å²) in [5, 5.41) is 12.8. The van der Waals surface area contributed by atoms with Gasteiger partial charge in [0.2, 0.25) is 0 Å². The van der Waals surface area contributed by atoms with Crippen molar-refractivity contribution in [3.05, 3.63) is 193 Å². The second kappa shape index (κ2) is 11.2. The van der Waals surface area contributed by atoms with Crippen LogP contribution < -0.4 is 0 Å². The fourth-order valence-corrected chi connectivity index (χ4v) is 9.35. The van der Waals surface area contributed by atoms with E-state index >= 15 is 0 Å². The molecule has 11 rings (SSSR count). The number of hydrogen-bond donors (Lipinski definition) is 0. The zero-order valence-electron chi connectivity index (χ0n) is 29.8. The van der Waals surface area contributed by atoms with Crippen molar-refractivity contribution in [2.45, 2.75) is 19.3 Å². The molecule has 1 aliphatic carbocycles. The van der Waals surface area contributed by atoms with E-state index in [-0.39, 0.29) is 5.41 Å². The van der Waals surface area contributed by atoms with Gasteiger partial charge in [0.25, 0.3) is 0 Å². The topological polar surface area (TPSA) is 0 Å². The fraction of sp³-hybridized carbons (Fsp3) is 0.0566. The van der Waals surface area contributed by atoms with Crippen LogP contribution in [0.25, 0.3) is 98.4 Å². The molecule has 10 aromatic rings. The minimum absolute atomic E-state index is 0.145. The van der Waals surface area contributed by atoms with Crippen LogP contribution in [0.3, 0.4) is 0 Å². The SMILES string of the molecule is CC1(C)c2cc(-c3cc(-c4ccc5cc(-c6ccc7ccccc7c6)ccc5c4)c4ccccc4c3)c3ccccc3c2-c2ccc3ccccc3c21. The van der Waals surface area contributed by atoms with E-state index in [0.717, 1.165) is 0 Å². The molecular weight excluding hydrogens is 637 g/mol. The van der Waals surface area contributed by atoms with Crippen LogP contribution in [-0.4, -0.2) is 0 Å². The highest BCUT2D eigenvalue weighted by Crippen LogP contribution is 2.55. The Kier molecular flexibility index (Phi) is 6.40. The summed E-state index contributed by atoms with van der Waals surface area (Å²) in [5.41, 5.74) is 13.0. The molecule has 0 aromatic heterocycles. The van der Waals surface area contributed by atoms with E-state index in [1.807, 2.05) is 0 Å². The summed E-state index contributed by atoms with van der Waals surface area (Å²) in [4.78, 5) is 0. The van der Waals surface area contributed by atoms with Crippen LogP contribution in [-0.2, 0) is 5.41 Å². The van der Waals surface area contributed by atoms with Gasteiger partial charge in [-0.3, -0.25) is 0 Å². The van der Waals surface area contributed by atoms with Crippen LogP contribution >= 0.6 is 0 Å². The summed E-state index contributed by atoms with van der Waals surface area (Å²) >= 11 is 0. The lowest BCUT2D eigenvalue weighted by atomic mass is 9.78. The fourth-order valence-electron chi connectivity index (χ4n) is 9.35. The van der Waals surface area contributed by atoms with Gasteiger partial charge in [-0.25, -0.2) is 0 Å². The molecule has 0 atom stereocenters. The molecule has 53 heavy (non-hydrogen) atoms. The molecule has 0 heteroatoms. The minimum atomic E-state index is -0.145. The second-order valence-electron chi connectivity index (χ2n) is 15.3. The molecule has 0 nitrogen and oxygen atoms in total. The molecule has 0 bridgehead atoms. The Hall–Kier alpha value is -6.50. The lowest BCUT2D eigenvalue weighted by Gasteiger charge is -2.24. The maximum atomic E-state index is 2.51. The van der Waals surface area contributed by atoms with Crippen molar-refractivity contribution in [3.8, 4) is 44.5 Å². The first kappa shape index (κ1) is 30.2. The maximum absolute atomic E-state index is 2.51. The van der Waals surface area contributed by atoms with Gasteiger partial charge in [-0.05, 0) is 146 Å². The van der Waals surface area contributed by atoms with Crippen LogP contribution in [0.4, 0.5) is 0 Å². The predicted octanol–water partition coefficient (Wildman–Crippen LogP) is 14.8. The van der Waals surface area contributed by atoms with E-state index in [1.165, 1.54) is 109 Å². The van der Waals surface area contributed by atoms with Gasteiger partial charge in [-0.1, -0.05) is 159 Å². The highest BCUT2D eigenvalue weighted by Gasteiger charge is 2.38. The highest BCUT2D eigenvalue weighted by molar-refractivity contribution is 6.13. The smallest absolute Gasteiger partial charge is 0.0165 e. The molecular formula is C53H36. The monoisotopic (exact) mass is 672 g/mol. The summed E-state index contributed by atoms with van der Waals surface area (Å²) in [6.07, 6.45) is 0. The lowest BCUT2D eigenvalue weighted by Crippen LogP contribution is -2.15. The Labute approximate surface area is 309 Å². The first-order chi connectivity index (χ1) is 26.0. The highest BCUT2D eigenvalue weighted by atomic mass is 14.4. The lowest BCUT2D eigenvalue weighted by molar-refractivity contribution is 0.667. The molecule has 10 aromatic carbocycles. The average molecular weight is 673 g/mol. The molecule has 0 spiro atoms. The van der Waals surface area contributed by atoms with Crippen LogP contribution in [0.5, 0.6) is 0 Å². The Morgan fingerprint density at radius 3 is 1.55 bits per heavy atom. The third-order valence-corrected chi connectivity index (χ3v) is 11.9. The van der Waals surface area contributed by atoms with E-state index in [9.17, 15) is 0 Å². The van der Waals surface area contributed by atoms with Gasteiger partial charge >= 0.3 is 0 Å². The van der Waals surface area contributed by atoms with Crippen molar-refractivity contribution in [2.75, 3.05) is 0 Å². The number of rotatable bonds is 3. The maximum Gasteiger partial charge on any atom is 0.0165 e. The third kappa shape index (κ3) is 4.55. The van der Waals surface area contributed by atoms with Crippen molar-refractivity contribution in [2.24, 2.45) is 0 Å². The molecule has 248 valence electrons. The first-order valence-electron chi connectivity index (χ1n) is 18.7. The standard InChI is InChI=1S/C53H36/c1-53(2)50-32-49(45-17-9-10-18-46(45)51(50)47-26-25-34-12-5-8-16-44(34)52(47)53)42-30-40-14-6-7-15-43(40)48(31-42)41-24-23-38-28-37(21-22-39(38)29-41)36-20-19-33-11-3-4-13-35(33)27-36/h3-32H,1-2H3. The van der Waals surface area contributed by atoms with Crippen LogP contribution in [0.2, 0.25) is 0 Å². The van der Waals surface area contributed by atoms with Gasteiger partial charge in [-0.2, -0.15) is 0 Å². The molecule has 0 fully saturated rings. The summed E-state index contributed by atoms with van der Waals surface area (Å²) in [6.45, 7) is 4.82. The quantitative estimate of drug-likeness (QED) is 0.175. The van der Waals surface area contributed by atoms with E-state index in [2.05, 4.69) is 196 Å². The van der Waals surface area contributed by atoms with Crippen molar-refractivity contribution in [1.82, 2.24) is 0 Å². The van der Waals surface area contributed by atoms with Gasteiger partial charge in [0.1, 0.15) is 0 Å². The summed E-state index contributed by atoms with van der Waals surface area (Å²) < 4.78 is 0. The Balaban J connectivity index is 1.08. The molecule has 0 aliphatic heterocycles. The molecule has 0 unspecified atom stereocenters. The predicted molar refractivity (Wildman–Crippen MR) is 228 cm³/mol. The van der Waals surface area contributed by atoms with Crippen molar-refractivity contribution in [3.63, 3.8) is 0 Å². The average Bonchev–Trinajstić information content (AvgIpc) is 3.45. The van der Waals surface area contributed by atoms with Crippen molar-refractivity contribution < 1.29 is 0 Å². The number of benzene rings is 10. The van der Waals surface area contributed by atoms with Crippen LogP contribution in [0, 0.1) is 0 Å². The number of hydrogen-bond acceptors (Lipinski definition) is 0. The minimum Gasteiger partial charge on any atom is -0.0616 e. The van der Waals surface area contributed by atoms with Gasteiger partial charge in [0.05, 0.1) is 0 Å². The van der Waals surface area contributed by atoms with E-state index in [0.29, 0.717) is 0 Å². The van der Waals surface area contributed by atoms with E-state index in [1.54, 1.807) is 0 Å².